The van der Waals surface area contributed by atoms with Gasteiger partial charge < -0.3 is 5.32 Å². The van der Waals surface area contributed by atoms with Crippen LogP contribution < -0.4 is 10.8 Å². The summed E-state index contributed by atoms with van der Waals surface area (Å²) in [5.41, 5.74) is 3.19. The molecular formula is C12H18N2O2. The van der Waals surface area contributed by atoms with Gasteiger partial charge in [0.2, 0.25) is 0 Å². The second kappa shape index (κ2) is 6.12. The normalized spacial score (nSPS) is 10.2. The van der Waals surface area contributed by atoms with Crippen LogP contribution in [0.2, 0.25) is 0 Å². The predicted molar refractivity (Wildman–Crippen MR) is 63.6 cm³/mol. The number of hydrogen-bond acceptors (Lipinski definition) is 3. The summed E-state index contributed by atoms with van der Waals surface area (Å²) in [6.45, 7) is 4.93. The quantitative estimate of drug-likeness (QED) is 0.670. The van der Waals surface area contributed by atoms with Gasteiger partial charge in [0.15, 0.2) is 0 Å². The highest BCUT2D eigenvalue weighted by Crippen LogP contribution is 2.08. The number of rotatable bonds is 5. The Bertz CT molecular complexity index is 333. The highest BCUT2D eigenvalue weighted by atomic mass is 16.5. The molecule has 0 aromatic heterocycles. The highest BCUT2D eigenvalue weighted by molar-refractivity contribution is 5.94. The van der Waals surface area contributed by atoms with Crippen LogP contribution in [0.15, 0.2) is 24.3 Å². The van der Waals surface area contributed by atoms with Gasteiger partial charge in [0, 0.05) is 12.1 Å². The zero-order valence-electron chi connectivity index (χ0n) is 9.66. The van der Waals surface area contributed by atoms with E-state index in [0.717, 1.165) is 6.42 Å². The number of benzene rings is 1. The Kier molecular flexibility index (Phi) is 4.79. The molecule has 1 aromatic rings. The van der Waals surface area contributed by atoms with E-state index in [1.807, 2.05) is 5.48 Å². The summed E-state index contributed by atoms with van der Waals surface area (Å²) in [7, 11) is 0. The lowest BCUT2D eigenvalue weighted by Gasteiger charge is -2.07. The molecule has 0 atom stereocenters. The summed E-state index contributed by atoms with van der Waals surface area (Å²) in [6, 6.07) is 6.64. The zero-order chi connectivity index (χ0) is 12.0. The molecule has 3 N–H and O–H groups in total. The van der Waals surface area contributed by atoms with E-state index in [4.69, 9.17) is 5.21 Å². The molecule has 0 heterocycles. The van der Waals surface area contributed by atoms with Gasteiger partial charge in [0.25, 0.3) is 5.91 Å². The lowest BCUT2D eigenvalue weighted by molar-refractivity contribution is 0.0952. The van der Waals surface area contributed by atoms with Gasteiger partial charge in [-0.05, 0) is 36.6 Å². The van der Waals surface area contributed by atoms with Crippen molar-refractivity contribution >= 4 is 11.6 Å². The Morgan fingerprint density at radius 1 is 1.31 bits per heavy atom. The second-order valence-electron chi connectivity index (χ2n) is 4.13. The molecule has 0 bridgehead atoms. The van der Waals surface area contributed by atoms with Crippen LogP contribution in [0.4, 0.5) is 5.69 Å². The third kappa shape index (κ3) is 3.90. The van der Waals surface area contributed by atoms with E-state index < -0.39 is 0 Å². The number of amides is 1. The monoisotopic (exact) mass is 222 g/mol. The fourth-order valence-electron chi connectivity index (χ4n) is 1.27. The van der Waals surface area contributed by atoms with Gasteiger partial charge in [-0.15, -0.1) is 0 Å². The summed E-state index contributed by atoms with van der Waals surface area (Å²) in [5, 5.41) is 11.5. The van der Waals surface area contributed by atoms with Crippen LogP contribution in [0.1, 0.15) is 30.6 Å². The first kappa shape index (κ1) is 12.5. The molecule has 0 unspecified atom stereocenters. The third-order valence-corrected chi connectivity index (χ3v) is 2.28. The Hall–Kier alpha value is -1.55. The second-order valence-corrected chi connectivity index (χ2v) is 4.13. The van der Waals surface area contributed by atoms with Crippen LogP contribution in [-0.4, -0.2) is 17.7 Å². The smallest absolute Gasteiger partial charge is 0.251 e. The minimum atomic E-state index is -0.0786. The molecular weight excluding hydrogens is 204 g/mol. The number of anilines is 1. The SMILES string of the molecule is CC(C)CCNC(=O)c1ccc(NO)cc1. The lowest BCUT2D eigenvalue weighted by Crippen LogP contribution is -2.25. The van der Waals surface area contributed by atoms with Crippen LogP contribution in [0, 0.1) is 5.92 Å². The maximum Gasteiger partial charge on any atom is 0.251 e. The van der Waals surface area contributed by atoms with Gasteiger partial charge in [-0.1, -0.05) is 13.8 Å². The molecule has 1 rings (SSSR count). The first-order valence-corrected chi connectivity index (χ1v) is 5.42. The molecule has 1 amide bonds. The van der Waals surface area contributed by atoms with Gasteiger partial charge in [-0.2, -0.15) is 0 Å². The molecule has 4 nitrogen and oxygen atoms in total. The maximum absolute atomic E-state index is 11.6. The van der Waals surface area contributed by atoms with E-state index in [9.17, 15) is 4.79 Å². The van der Waals surface area contributed by atoms with Crippen molar-refractivity contribution in [1.82, 2.24) is 5.32 Å². The standard InChI is InChI=1S/C12H18N2O2/c1-9(2)7-8-13-12(15)10-3-5-11(14-16)6-4-10/h3-6,9,14,16H,7-8H2,1-2H3,(H,13,15). The molecule has 0 saturated heterocycles. The van der Waals surface area contributed by atoms with Crippen molar-refractivity contribution in [2.45, 2.75) is 20.3 Å². The maximum atomic E-state index is 11.6. The lowest BCUT2D eigenvalue weighted by atomic mass is 10.1. The summed E-state index contributed by atoms with van der Waals surface area (Å²) in [5.74, 6) is 0.506. The Morgan fingerprint density at radius 3 is 2.44 bits per heavy atom. The molecule has 0 aliphatic heterocycles. The van der Waals surface area contributed by atoms with E-state index in [0.29, 0.717) is 23.7 Å². The number of carbonyl (C=O) groups is 1. The van der Waals surface area contributed by atoms with Crippen molar-refractivity contribution in [1.29, 1.82) is 0 Å². The largest absolute Gasteiger partial charge is 0.352 e. The first-order chi connectivity index (χ1) is 7.63. The van der Waals surface area contributed by atoms with E-state index in [1.54, 1.807) is 24.3 Å². The van der Waals surface area contributed by atoms with Gasteiger partial charge in [-0.3, -0.25) is 15.5 Å². The number of hydrogen-bond donors (Lipinski definition) is 3. The predicted octanol–water partition coefficient (Wildman–Crippen LogP) is 2.26. The number of nitrogens with one attached hydrogen (secondary N) is 2. The summed E-state index contributed by atoms with van der Waals surface area (Å²) < 4.78 is 0. The Morgan fingerprint density at radius 2 is 1.94 bits per heavy atom. The summed E-state index contributed by atoms with van der Waals surface area (Å²) in [6.07, 6.45) is 0.974. The van der Waals surface area contributed by atoms with Gasteiger partial charge in [-0.25, -0.2) is 0 Å². The van der Waals surface area contributed by atoms with Crippen molar-refractivity contribution in [2.24, 2.45) is 5.92 Å². The van der Waals surface area contributed by atoms with Crippen LogP contribution >= 0.6 is 0 Å². The first-order valence-electron chi connectivity index (χ1n) is 5.42. The molecule has 88 valence electrons. The van der Waals surface area contributed by atoms with Gasteiger partial charge >= 0.3 is 0 Å². The van der Waals surface area contributed by atoms with Crippen LogP contribution in [0.25, 0.3) is 0 Å². The molecule has 0 saturated carbocycles. The van der Waals surface area contributed by atoms with Gasteiger partial charge in [0.1, 0.15) is 0 Å². The summed E-state index contributed by atoms with van der Waals surface area (Å²) in [4.78, 5) is 11.6. The zero-order valence-corrected chi connectivity index (χ0v) is 9.66. The fraction of sp³-hybridized carbons (Fsp3) is 0.417. The van der Waals surface area contributed by atoms with Crippen LogP contribution in [0.3, 0.4) is 0 Å². The van der Waals surface area contributed by atoms with Gasteiger partial charge in [0.05, 0.1) is 5.69 Å². The molecule has 1 aromatic carbocycles. The number of carbonyl (C=O) groups excluding carboxylic acids is 1. The van der Waals surface area contributed by atoms with Crippen LogP contribution in [0.5, 0.6) is 0 Å². The molecule has 0 spiro atoms. The molecule has 4 heteroatoms. The van der Waals surface area contributed by atoms with Crippen molar-refractivity contribution in [3.05, 3.63) is 29.8 Å². The van der Waals surface area contributed by atoms with E-state index in [-0.39, 0.29) is 5.91 Å². The van der Waals surface area contributed by atoms with Crippen molar-refractivity contribution in [3.8, 4) is 0 Å². The molecule has 0 fully saturated rings. The average Bonchev–Trinajstić information content (AvgIpc) is 2.28. The van der Waals surface area contributed by atoms with E-state index >= 15 is 0 Å². The Labute approximate surface area is 95.6 Å². The molecule has 0 radical (unpaired) electrons. The van der Waals surface area contributed by atoms with Crippen molar-refractivity contribution in [3.63, 3.8) is 0 Å². The minimum absolute atomic E-state index is 0.0786. The molecule has 0 aliphatic carbocycles. The fourth-order valence-corrected chi connectivity index (χ4v) is 1.27. The Balaban J connectivity index is 2.46. The minimum Gasteiger partial charge on any atom is -0.352 e. The third-order valence-electron chi connectivity index (χ3n) is 2.28. The average molecular weight is 222 g/mol. The van der Waals surface area contributed by atoms with E-state index in [1.165, 1.54) is 0 Å². The topological polar surface area (TPSA) is 61.4 Å². The molecule has 0 aliphatic rings. The van der Waals surface area contributed by atoms with Crippen molar-refractivity contribution < 1.29 is 10.0 Å². The molecule has 16 heavy (non-hydrogen) atoms. The van der Waals surface area contributed by atoms with Crippen LogP contribution in [-0.2, 0) is 0 Å². The van der Waals surface area contributed by atoms with E-state index in [2.05, 4.69) is 19.2 Å². The van der Waals surface area contributed by atoms with Crippen molar-refractivity contribution in [2.75, 3.05) is 12.0 Å². The highest BCUT2D eigenvalue weighted by Gasteiger charge is 2.04. The summed E-state index contributed by atoms with van der Waals surface area (Å²) >= 11 is 0.